The molecule has 0 saturated carbocycles. The molecule has 0 radical (unpaired) electrons. The maximum absolute atomic E-state index is 3.55. The minimum atomic E-state index is 0.803. The molecule has 72 valence electrons. The highest BCUT2D eigenvalue weighted by Crippen LogP contribution is 2.36. The van der Waals surface area contributed by atoms with Crippen LogP contribution in [0.2, 0.25) is 0 Å². The van der Waals surface area contributed by atoms with Gasteiger partial charge in [-0.2, -0.15) is 0 Å². The Hall–Kier alpha value is 0.140. The summed E-state index contributed by atoms with van der Waals surface area (Å²) in [5, 5.41) is 3.40. The summed E-state index contributed by atoms with van der Waals surface area (Å²) in [7, 11) is 0. The molecular weight excluding hydrogens is 246 g/mol. The van der Waals surface area contributed by atoms with Crippen LogP contribution < -0.4 is 5.32 Å². The number of hydrogen-bond donors (Lipinski definition) is 1. The molecule has 1 fully saturated rings. The second kappa shape index (κ2) is 4.11. The highest BCUT2D eigenvalue weighted by atomic mass is 79.9. The zero-order valence-corrected chi connectivity index (χ0v) is 10.2. The largest absolute Gasteiger partial charge is 0.317 e. The van der Waals surface area contributed by atoms with Gasteiger partial charge in [0.25, 0.3) is 0 Å². The summed E-state index contributed by atoms with van der Waals surface area (Å²) < 4.78 is 1.28. The molecule has 0 amide bonds. The van der Waals surface area contributed by atoms with Crippen LogP contribution in [-0.4, -0.2) is 13.1 Å². The summed E-state index contributed by atoms with van der Waals surface area (Å²) in [6.45, 7) is 4.58. The lowest BCUT2D eigenvalue weighted by molar-refractivity contribution is 0.464. The predicted molar refractivity (Wildman–Crippen MR) is 61.6 cm³/mol. The van der Waals surface area contributed by atoms with Crippen LogP contribution in [-0.2, 0) is 0 Å². The number of nitrogens with one attached hydrogen (secondary N) is 1. The van der Waals surface area contributed by atoms with Crippen molar-refractivity contribution in [3.8, 4) is 0 Å². The summed E-state index contributed by atoms with van der Waals surface area (Å²) in [4.78, 5) is 1.59. The molecule has 0 aliphatic carbocycles. The Labute approximate surface area is 91.7 Å². The molecule has 1 nitrogen and oxygen atoms in total. The van der Waals surface area contributed by atoms with Crippen LogP contribution in [0.4, 0.5) is 0 Å². The Bertz CT molecular complexity index is 289. The maximum Gasteiger partial charge on any atom is 0.0704 e. The Balaban J connectivity index is 2.18. The molecule has 2 rings (SSSR count). The smallest absolute Gasteiger partial charge is 0.0704 e. The van der Waals surface area contributed by atoms with Crippen LogP contribution in [0.15, 0.2) is 9.85 Å². The minimum absolute atomic E-state index is 0.803. The summed E-state index contributed by atoms with van der Waals surface area (Å²) in [5.41, 5.74) is 1.46. The Morgan fingerprint density at radius 3 is 2.69 bits per heavy atom. The van der Waals surface area contributed by atoms with E-state index in [1.165, 1.54) is 35.3 Å². The molecule has 0 unspecified atom stereocenters. The van der Waals surface area contributed by atoms with Crippen molar-refractivity contribution in [2.24, 2.45) is 0 Å². The van der Waals surface area contributed by atoms with E-state index in [4.69, 9.17) is 0 Å². The molecular formula is C10H14BrNS. The van der Waals surface area contributed by atoms with Gasteiger partial charge in [-0.25, -0.2) is 0 Å². The van der Waals surface area contributed by atoms with Crippen molar-refractivity contribution in [2.75, 3.05) is 13.1 Å². The van der Waals surface area contributed by atoms with Crippen LogP contribution in [0.25, 0.3) is 0 Å². The normalized spacial score (nSPS) is 19.2. The van der Waals surface area contributed by atoms with Crippen LogP contribution >= 0.6 is 27.3 Å². The predicted octanol–water partition coefficient (Wildman–Crippen LogP) is 3.29. The monoisotopic (exact) mass is 259 g/mol. The van der Waals surface area contributed by atoms with E-state index < -0.39 is 0 Å². The molecule has 0 bridgehead atoms. The molecule has 13 heavy (non-hydrogen) atoms. The molecule has 1 aliphatic heterocycles. The topological polar surface area (TPSA) is 12.0 Å². The molecule has 1 N–H and O–H groups in total. The average molecular weight is 260 g/mol. The fourth-order valence-electron chi connectivity index (χ4n) is 1.95. The van der Waals surface area contributed by atoms with Gasteiger partial charge in [0.1, 0.15) is 0 Å². The zero-order chi connectivity index (χ0) is 9.26. The van der Waals surface area contributed by atoms with Gasteiger partial charge in [0.05, 0.1) is 3.79 Å². The molecule has 3 heteroatoms. The van der Waals surface area contributed by atoms with Crippen molar-refractivity contribution in [2.45, 2.75) is 25.7 Å². The highest BCUT2D eigenvalue weighted by Gasteiger charge is 2.18. The Morgan fingerprint density at radius 1 is 1.46 bits per heavy atom. The quantitative estimate of drug-likeness (QED) is 0.817. The van der Waals surface area contributed by atoms with E-state index in [9.17, 15) is 0 Å². The molecule has 0 atom stereocenters. The SMILES string of the molecule is Cc1cc(Br)sc1C1CCNCC1. The van der Waals surface area contributed by atoms with Crippen LogP contribution in [0.3, 0.4) is 0 Å². The Morgan fingerprint density at radius 2 is 2.15 bits per heavy atom. The van der Waals surface area contributed by atoms with Crippen LogP contribution in [0, 0.1) is 6.92 Å². The number of aryl methyl sites for hydroxylation is 1. The fourth-order valence-corrected chi connectivity index (χ4v) is 3.88. The summed E-state index contributed by atoms with van der Waals surface area (Å²) >= 11 is 5.46. The van der Waals surface area contributed by atoms with E-state index >= 15 is 0 Å². The van der Waals surface area contributed by atoms with Gasteiger partial charge in [-0.05, 0) is 66.3 Å². The van der Waals surface area contributed by atoms with Gasteiger partial charge in [0.15, 0.2) is 0 Å². The molecule has 2 heterocycles. The third-order valence-corrected chi connectivity index (χ3v) is 4.54. The molecule has 1 aliphatic rings. The van der Waals surface area contributed by atoms with Crippen molar-refractivity contribution in [1.29, 1.82) is 0 Å². The van der Waals surface area contributed by atoms with Crippen LogP contribution in [0.1, 0.15) is 29.2 Å². The van der Waals surface area contributed by atoms with Crippen molar-refractivity contribution >= 4 is 27.3 Å². The molecule has 0 spiro atoms. The molecule has 1 aromatic rings. The first kappa shape index (κ1) is 9.69. The minimum Gasteiger partial charge on any atom is -0.317 e. The van der Waals surface area contributed by atoms with Crippen molar-refractivity contribution in [1.82, 2.24) is 5.32 Å². The highest BCUT2D eigenvalue weighted by molar-refractivity contribution is 9.11. The van der Waals surface area contributed by atoms with E-state index in [0.717, 1.165) is 5.92 Å². The first-order valence-corrected chi connectivity index (χ1v) is 6.35. The van der Waals surface area contributed by atoms with E-state index in [2.05, 4.69) is 34.2 Å². The summed E-state index contributed by atoms with van der Waals surface area (Å²) in [6.07, 6.45) is 2.60. The molecule has 1 aromatic heterocycles. The molecule has 0 aromatic carbocycles. The van der Waals surface area contributed by atoms with Gasteiger partial charge in [-0.3, -0.25) is 0 Å². The maximum atomic E-state index is 3.55. The van der Waals surface area contributed by atoms with Crippen molar-refractivity contribution < 1.29 is 0 Å². The Kier molecular flexibility index (Phi) is 3.06. The number of thiophene rings is 1. The molecule has 1 saturated heterocycles. The average Bonchev–Trinajstić information content (AvgIpc) is 2.47. The first-order valence-electron chi connectivity index (χ1n) is 4.74. The van der Waals surface area contributed by atoms with Crippen molar-refractivity contribution in [3.63, 3.8) is 0 Å². The standard InChI is InChI=1S/C10H14BrNS/c1-7-6-9(11)13-10(7)8-2-4-12-5-3-8/h6,8,12H,2-5H2,1H3. The van der Waals surface area contributed by atoms with E-state index in [1.807, 2.05) is 11.3 Å². The third-order valence-electron chi connectivity index (χ3n) is 2.64. The second-order valence-electron chi connectivity index (χ2n) is 3.62. The van der Waals surface area contributed by atoms with Gasteiger partial charge in [0, 0.05) is 4.88 Å². The lowest BCUT2D eigenvalue weighted by atomic mass is 9.94. The van der Waals surface area contributed by atoms with Crippen molar-refractivity contribution in [3.05, 3.63) is 20.3 Å². The first-order chi connectivity index (χ1) is 6.27. The zero-order valence-electron chi connectivity index (χ0n) is 7.77. The number of hydrogen-bond acceptors (Lipinski definition) is 2. The van der Waals surface area contributed by atoms with Gasteiger partial charge >= 0.3 is 0 Å². The number of rotatable bonds is 1. The summed E-state index contributed by atoms with van der Waals surface area (Å²) in [6, 6.07) is 2.24. The lowest BCUT2D eigenvalue weighted by Gasteiger charge is -2.22. The van der Waals surface area contributed by atoms with Gasteiger partial charge in [-0.15, -0.1) is 11.3 Å². The number of halogens is 1. The second-order valence-corrected chi connectivity index (χ2v) is 6.09. The number of piperidine rings is 1. The van der Waals surface area contributed by atoms with Crippen LogP contribution in [0.5, 0.6) is 0 Å². The fraction of sp³-hybridized carbons (Fsp3) is 0.600. The van der Waals surface area contributed by atoms with Gasteiger partial charge in [-0.1, -0.05) is 0 Å². The van der Waals surface area contributed by atoms with E-state index in [0.29, 0.717) is 0 Å². The van der Waals surface area contributed by atoms with E-state index in [1.54, 1.807) is 4.88 Å². The van der Waals surface area contributed by atoms with Gasteiger partial charge < -0.3 is 5.32 Å². The van der Waals surface area contributed by atoms with E-state index in [-0.39, 0.29) is 0 Å². The van der Waals surface area contributed by atoms with Gasteiger partial charge in [0.2, 0.25) is 0 Å². The summed E-state index contributed by atoms with van der Waals surface area (Å²) in [5.74, 6) is 0.803. The lowest BCUT2D eigenvalue weighted by Crippen LogP contribution is -2.26. The third kappa shape index (κ3) is 2.14.